The maximum atomic E-state index is 3.68. The standard InChI is InChI=1S/C13H19BrN2S/c14-10-4-11(17-8-10)6-15-7-13-12-3-1-2-9(12)5-16-13/h4,8-9,12-13,15-16H,1-3,5-7H2. The van der Waals surface area contributed by atoms with Crippen LogP contribution in [-0.4, -0.2) is 19.1 Å². The molecule has 2 heterocycles. The Balaban J connectivity index is 1.45. The van der Waals surface area contributed by atoms with E-state index in [1.165, 1.54) is 35.2 Å². The zero-order valence-electron chi connectivity index (χ0n) is 9.92. The lowest BCUT2D eigenvalue weighted by molar-refractivity contribution is 0.393. The molecule has 1 aromatic rings. The highest BCUT2D eigenvalue weighted by Crippen LogP contribution is 2.37. The highest BCUT2D eigenvalue weighted by Gasteiger charge is 2.38. The molecule has 2 N–H and O–H groups in total. The second-order valence-electron chi connectivity index (χ2n) is 5.23. The van der Waals surface area contributed by atoms with Crippen LogP contribution in [0.2, 0.25) is 0 Å². The predicted molar refractivity (Wildman–Crippen MR) is 76.3 cm³/mol. The molecule has 0 amide bonds. The van der Waals surface area contributed by atoms with Crippen LogP contribution in [0.25, 0.3) is 0 Å². The number of hydrogen-bond donors (Lipinski definition) is 2. The lowest BCUT2D eigenvalue weighted by Crippen LogP contribution is -2.37. The average molecular weight is 315 g/mol. The van der Waals surface area contributed by atoms with Gasteiger partial charge in [-0.15, -0.1) is 11.3 Å². The van der Waals surface area contributed by atoms with Gasteiger partial charge in [0, 0.05) is 33.9 Å². The van der Waals surface area contributed by atoms with Gasteiger partial charge in [-0.2, -0.15) is 0 Å². The van der Waals surface area contributed by atoms with Crippen molar-refractivity contribution in [3.63, 3.8) is 0 Å². The van der Waals surface area contributed by atoms with Crippen LogP contribution in [-0.2, 0) is 6.54 Å². The van der Waals surface area contributed by atoms with Crippen LogP contribution in [0, 0.1) is 11.8 Å². The Labute approximate surface area is 115 Å². The Hall–Kier alpha value is 0.1000. The number of rotatable bonds is 4. The molecular weight excluding hydrogens is 296 g/mol. The van der Waals surface area contributed by atoms with Crippen molar-refractivity contribution in [2.45, 2.75) is 31.8 Å². The summed E-state index contributed by atoms with van der Waals surface area (Å²) >= 11 is 5.32. The van der Waals surface area contributed by atoms with Crippen molar-refractivity contribution in [1.82, 2.24) is 10.6 Å². The van der Waals surface area contributed by atoms with Gasteiger partial charge in [-0.3, -0.25) is 0 Å². The van der Waals surface area contributed by atoms with E-state index in [9.17, 15) is 0 Å². The molecule has 0 radical (unpaired) electrons. The third-order valence-electron chi connectivity index (χ3n) is 4.16. The Morgan fingerprint density at radius 1 is 1.47 bits per heavy atom. The Morgan fingerprint density at radius 2 is 2.41 bits per heavy atom. The molecule has 1 aromatic heterocycles. The van der Waals surface area contributed by atoms with E-state index in [0.717, 1.165) is 24.9 Å². The molecule has 2 aliphatic rings. The molecular formula is C13H19BrN2S. The minimum Gasteiger partial charge on any atom is -0.312 e. The second-order valence-corrected chi connectivity index (χ2v) is 7.14. The van der Waals surface area contributed by atoms with Crippen molar-refractivity contribution in [2.75, 3.05) is 13.1 Å². The molecule has 1 aliphatic carbocycles. The maximum absolute atomic E-state index is 3.68. The molecule has 3 rings (SSSR count). The summed E-state index contributed by atoms with van der Waals surface area (Å²) in [7, 11) is 0. The highest BCUT2D eigenvalue weighted by atomic mass is 79.9. The topological polar surface area (TPSA) is 24.1 Å². The van der Waals surface area contributed by atoms with Crippen molar-refractivity contribution in [3.05, 3.63) is 20.8 Å². The average Bonchev–Trinajstić information content (AvgIpc) is 2.97. The van der Waals surface area contributed by atoms with Crippen molar-refractivity contribution in [2.24, 2.45) is 11.8 Å². The highest BCUT2D eigenvalue weighted by molar-refractivity contribution is 9.10. The number of halogens is 1. The molecule has 1 saturated heterocycles. The lowest BCUT2D eigenvalue weighted by Gasteiger charge is -2.18. The van der Waals surface area contributed by atoms with E-state index in [-0.39, 0.29) is 0 Å². The fourth-order valence-electron chi connectivity index (χ4n) is 3.32. The van der Waals surface area contributed by atoms with Crippen LogP contribution in [0.5, 0.6) is 0 Å². The molecule has 4 heteroatoms. The molecule has 94 valence electrons. The van der Waals surface area contributed by atoms with Crippen LogP contribution in [0.1, 0.15) is 24.1 Å². The largest absolute Gasteiger partial charge is 0.312 e. The van der Waals surface area contributed by atoms with Crippen LogP contribution in [0.3, 0.4) is 0 Å². The predicted octanol–water partition coefficient (Wildman–Crippen LogP) is 2.99. The molecule has 0 bridgehead atoms. The number of nitrogens with one attached hydrogen (secondary N) is 2. The van der Waals surface area contributed by atoms with Crippen molar-refractivity contribution in [1.29, 1.82) is 0 Å². The Bertz CT molecular complexity index is 379. The molecule has 2 nitrogen and oxygen atoms in total. The monoisotopic (exact) mass is 314 g/mol. The van der Waals surface area contributed by atoms with E-state index < -0.39 is 0 Å². The van der Waals surface area contributed by atoms with Gasteiger partial charge in [-0.1, -0.05) is 6.42 Å². The second kappa shape index (κ2) is 5.39. The van der Waals surface area contributed by atoms with Crippen molar-refractivity contribution < 1.29 is 0 Å². The fraction of sp³-hybridized carbons (Fsp3) is 0.692. The van der Waals surface area contributed by atoms with Gasteiger partial charge in [0.2, 0.25) is 0 Å². The van der Waals surface area contributed by atoms with Crippen LogP contribution in [0.15, 0.2) is 15.9 Å². The number of hydrogen-bond acceptors (Lipinski definition) is 3. The first-order chi connectivity index (χ1) is 8.33. The van der Waals surface area contributed by atoms with Gasteiger partial charge in [0.1, 0.15) is 0 Å². The van der Waals surface area contributed by atoms with E-state index >= 15 is 0 Å². The third-order valence-corrected chi connectivity index (χ3v) is 5.86. The van der Waals surface area contributed by atoms with E-state index in [4.69, 9.17) is 0 Å². The van der Waals surface area contributed by atoms with Crippen LogP contribution >= 0.6 is 27.3 Å². The van der Waals surface area contributed by atoms with Crippen LogP contribution < -0.4 is 10.6 Å². The summed E-state index contributed by atoms with van der Waals surface area (Å²) in [5.41, 5.74) is 0. The zero-order valence-corrected chi connectivity index (χ0v) is 12.3. The maximum Gasteiger partial charge on any atom is 0.0300 e. The van der Waals surface area contributed by atoms with Gasteiger partial charge in [0.05, 0.1) is 0 Å². The van der Waals surface area contributed by atoms with E-state index in [0.29, 0.717) is 6.04 Å². The third kappa shape index (κ3) is 2.75. The summed E-state index contributed by atoms with van der Waals surface area (Å²) in [4.78, 5) is 1.41. The molecule has 3 unspecified atom stereocenters. The molecule has 2 fully saturated rings. The minimum atomic E-state index is 0.714. The first kappa shape index (κ1) is 12.2. The molecule has 17 heavy (non-hydrogen) atoms. The van der Waals surface area contributed by atoms with E-state index in [1.807, 2.05) is 11.3 Å². The van der Waals surface area contributed by atoms with Crippen LogP contribution in [0.4, 0.5) is 0 Å². The van der Waals surface area contributed by atoms with Gasteiger partial charge in [0.25, 0.3) is 0 Å². The van der Waals surface area contributed by atoms with Gasteiger partial charge < -0.3 is 10.6 Å². The number of fused-ring (bicyclic) bond motifs is 1. The first-order valence-corrected chi connectivity index (χ1v) is 8.17. The van der Waals surface area contributed by atoms with E-state index in [1.54, 1.807) is 0 Å². The minimum absolute atomic E-state index is 0.714. The lowest BCUT2D eigenvalue weighted by atomic mass is 9.94. The summed E-state index contributed by atoms with van der Waals surface area (Å²) in [6.07, 6.45) is 4.34. The summed E-state index contributed by atoms with van der Waals surface area (Å²) in [5, 5.41) is 9.43. The molecule has 1 saturated carbocycles. The first-order valence-electron chi connectivity index (χ1n) is 6.50. The smallest absolute Gasteiger partial charge is 0.0300 e. The van der Waals surface area contributed by atoms with Gasteiger partial charge in [-0.05, 0) is 53.2 Å². The summed E-state index contributed by atoms with van der Waals surface area (Å²) in [6, 6.07) is 2.92. The van der Waals surface area contributed by atoms with E-state index in [2.05, 4.69) is 38.0 Å². The van der Waals surface area contributed by atoms with Gasteiger partial charge in [0.15, 0.2) is 0 Å². The van der Waals surface area contributed by atoms with Gasteiger partial charge >= 0.3 is 0 Å². The Kier molecular flexibility index (Phi) is 3.85. The normalized spacial score (nSPS) is 31.9. The SMILES string of the molecule is Brc1csc(CNCC2NCC3CCCC32)c1. The summed E-state index contributed by atoms with van der Waals surface area (Å²) in [5.74, 6) is 1.91. The molecule has 0 aromatic carbocycles. The summed E-state index contributed by atoms with van der Waals surface area (Å²) in [6.45, 7) is 3.38. The molecule has 1 aliphatic heterocycles. The molecule has 3 atom stereocenters. The van der Waals surface area contributed by atoms with Crippen molar-refractivity contribution in [3.8, 4) is 0 Å². The zero-order chi connectivity index (χ0) is 11.7. The molecule has 0 spiro atoms. The Morgan fingerprint density at radius 3 is 3.24 bits per heavy atom. The number of thiophene rings is 1. The fourth-order valence-corrected chi connectivity index (χ4v) is 4.74. The summed E-state index contributed by atoms with van der Waals surface area (Å²) < 4.78 is 1.20. The quantitative estimate of drug-likeness (QED) is 0.892. The van der Waals surface area contributed by atoms with Crippen molar-refractivity contribution >= 4 is 27.3 Å². The van der Waals surface area contributed by atoms with Gasteiger partial charge in [-0.25, -0.2) is 0 Å².